The van der Waals surface area contributed by atoms with E-state index in [2.05, 4.69) is 37.7 Å². The first-order valence-corrected chi connectivity index (χ1v) is 7.95. The molecule has 2 aromatic heterocycles. The van der Waals surface area contributed by atoms with Crippen molar-refractivity contribution >= 4 is 22.8 Å². The number of aromatic nitrogens is 4. The van der Waals surface area contributed by atoms with Crippen molar-refractivity contribution < 1.29 is 0 Å². The molecule has 1 fully saturated rings. The molecule has 1 saturated carbocycles. The van der Waals surface area contributed by atoms with Gasteiger partial charge < -0.3 is 10.6 Å². The third-order valence-electron chi connectivity index (χ3n) is 4.34. The monoisotopic (exact) mass is 288 g/mol. The van der Waals surface area contributed by atoms with Gasteiger partial charge in [-0.1, -0.05) is 19.8 Å². The Balaban J connectivity index is 1.71. The Hall–Kier alpha value is -1.85. The fourth-order valence-electron chi connectivity index (χ4n) is 2.98. The Kier molecular flexibility index (Phi) is 4.22. The molecule has 1 aliphatic rings. The Labute approximate surface area is 125 Å². The van der Waals surface area contributed by atoms with Crippen LogP contribution in [0.2, 0.25) is 0 Å². The molecule has 3 N–H and O–H groups in total. The second kappa shape index (κ2) is 6.28. The van der Waals surface area contributed by atoms with Crippen LogP contribution in [-0.4, -0.2) is 33.3 Å². The zero-order valence-corrected chi connectivity index (χ0v) is 12.8. The molecule has 0 aliphatic heterocycles. The molecule has 0 radical (unpaired) electrons. The summed E-state index contributed by atoms with van der Waals surface area (Å²) in [4.78, 5) is 8.98. The summed E-state index contributed by atoms with van der Waals surface area (Å²) in [5, 5.41) is 14.6. The molecule has 2 heterocycles. The third-order valence-corrected chi connectivity index (χ3v) is 4.34. The molecule has 0 amide bonds. The van der Waals surface area contributed by atoms with E-state index >= 15 is 0 Å². The predicted octanol–water partition coefficient (Wildman–Crippen LogP) is 3.02. The number of hydrogen-bond acceptors (Lipinski definition) is 5. The van der Waals surface area contributed by atoms with Crippen LogP contribution in [0.3, 0.4) is 0 Å². The van der Waals surface area contributed by atoms with Crippen molar-refractivity contribution in [1.29, 1.82) is 0 Å². The Morgan fingerprint density at radius 2 is 2.00 bits per heavy atom. The average Bonchev–Trinajstić information content (AvgIpc) is 2.95. The van der Waals surface area contributed by atoms with Gasteiger partial charge in [0.1, 0.15) is 5.82 Å². The van der Waals surface area contributed by atoms with Crippen molar-refractivity contribution in [3.8, 4) is 0 Å². The largest absolute Gasteiger partial charge is 0.369 e. The fourth-order valence-corrected chi connectivity index (χ4v) is 2.98. The quantitative estimate of drug-likeness (QED) is 0.788. The number of fused-ring (bicyclic) bond motifs is 1. The normalized spacial score (nSPS) is 22.4. The van der Waals surface area contributed by atoms with Gasteiger partial charge in [-0.15, -0.1) is 0 Å². The predicted molar refractivity (Wildman–Crippen MR) is 85.5 cm³/mol. The van der Waals surface area contributed by atoms with E-state index in [4.69, 9.17) is 0 Å². The molecule has 2 aromatic rings. The smallest absolute Gasteiger partial charge is 0.226 e. The summed E-state index contributed by atoms with van der Waals surface area (Å²) in [6.45, 7) is 6.18. The summed E-state index contributed by atoms with van der Waals surface area (Å²) in [6, 6.07) is 0. The zero-order valence-electron chi connectivity index (χ0n) is 12.8. The van der Waals surface area contributed by atoms with Gasteiger partial charge in [0, 0.05) is 13.1 Å². The molecule has 6 nitrogen and oxygen atoms in total. The lowest BCUT2D eigenvalue weighted by Gasteiger charge is -2.26. The maximum atomic E-state index is 4.57. The van der Waals surface area contributed by atoms with Crippen LogP contribution >= 0.6 is 0 Å². The Morgan fingerprint density at radius 1 is 1.19 bits per heavy atom. The summed E-state index contributed by atoms with van der Waals surface area (Å²) in [6.07, 6.45) is 7.11. The van der Waals surface area contributed by atoms with E-state index in [1.54, 1.807) is 6.20 Å². The van der Waals surface area contributed by atoms with Gasteiger partial charge in [0.05, 0.1) is 11.6 Å². The van der Waals surface area contributed by atoms with Crippen molar-refractivity contribution in [3.05, 3.63) is 6.20 Å². The lowest BCUT2D eigenvalue weighted by molar-refractivity contribution is 0.300. The van der Waals surface area contributed by atoms with E-state index in [1.807, 2.05) is 6.92 Å². The van der Waals surface area contributed by atoms with Crippen LogP contribution in [0.1, 0.15) is 39.5 Å². The molecule has 0 saturated heterocycles. The molecule has 0 unspecified atom stereocenters. The highest BCUT2D eigenvalue weighted by atomic mass is 15.2. The average molecular weight is 288 g/mol. The molecule has 0 spiro atoms. The first-order chi connectivity index (χ1) is 10.3. The van der Waals surface area contributed by atoms with Crippen molar-refractivity contribution in [3.63, 3.8) is 0 Å². The van der Waals surface area contributed by atoms with Gasteiger partial charge in [0.25, 0.3) is 0 Å². The van der Waals surface area contributed by atoms with E-state index in [0.717, 1.165) is 41.8 Å². The standard InChI is InChI=1S/C15H24N6/c1-3-16-15-19-13(12-9-18-21-14(12)20-15)17-8-11-6-4-10(2)5-7-11/h9-11H,3-8H2,1-2H3,(H3,16,17,18,19,20,21). The van der Waals surface area contributed by atoms with Crippen LogP contribution in [0, 0.1) is 11.8 Å². The van der Waals surface area contributed by atoms with Crippen molar-refractivity contribution in [2.45, 2.75) is 39.5 Å². The number of hydrogen-bond donors (Lipinski definition) is 3. The van der Waals surface area contributed by atoms with Crippen molar-refractivity contribution in [1.82, 2.24) is 20.2 Å². The molecule has 0 bridgehead atoms. The summed E-state index contributed by atoms with van der Waals surface area (Å²) in [7, 11) is 0. The number of H-pyrrole nitrogens is 1. The summed E-state index contributed by atoms with van der Waals surface area (Å²) >= 11 is 0. The molecule has 6 heteroatoms. The van der Waals surface area contributed by atoms with Crippen LogP contribution in [0.5, 0.6) is 0 Å². The van der Waals surface area contributed by atoms with Crippen LogP contribution in [0.25, 0.3) is 11.0 Å². The second-order valence-corrected chi connectivity index (χ2v) is 6.07. The molecule has 0 aromatic carbocycles. The zero-order chi connectivity index (χ0) is 14.7. The van der Waals surface area contributed by atoms with E-state index in [9.17, 15) is 0 Å². The Morgan fingerprint density at radius 3 is 2.76 bits per heavy atom. The van der Waals surface area contributed by atoms with E-state index < -0.39 is 0 Å². The minimum Gasteiger partial charge on any atom is -0.369 e. The lowest BCUT2D eigenvalue weighted by atomic mass is 9.83. The summed E-state index contributed by atoms with van der Waals surface area (Å²) < 4.78 is 0. The Bertz CT molecular complexity index is 585. The van der Waals surface area contributed by atoms with Crippen LogP contribution in [0.15, 0.2) is 6.20 Å². The number of aromatic amines is 1. The van der Waals surface area contributed by atoms with E-state index in [0.29, 0.717) is 5.95 Å². The minimum atomic E-state index is 0.647. The van der Waals surface area contributed by atoms with Crippen LogP contribution < -0.4 is 10.6 Å². The summed E-state index contributed by atoms with van der Waals surface area (Å²) in [5.74, 6) is 3.17. The third kappa shape index (κ3) is 3.25. The van der Waals surface area contributed by atoms with E-state index in [-0.39, 0.29) is 0 Å². The van der Waals surface area contributed by atoms with Crippen molar-refractivity contribution in [2.24, 2.45) is 11.8 Å². The molecular weight excluding hydrogens is 264 g/mol. The minimum absolute atomic E-state index is 0.647. The molecular formula is C15H24N6. The molecule has 1 aliphatic carbocycles. The van der Waals surface area contributed by atoms with Gasteiger partial charge in [-0.2, -0.15) is 15.1 Å². The van der Waals surface area contributed by atoms with Crippen LogP contribution in [0.4, 0.5) is 11.8 Å². The maximum Gasteiger partial charge on any atom is 0.226 e. The van der Waals surface area contributed by atoms with Gasteiger partial charge in [-0.25, -0.2) is 0 Å². The highest BCUT2D eigenvalue weighted by molar-refractivity contribution is 5.86. The van der Waals surface area contributed by atoms with Gasteiger partial charge >= 0.3 is 0 Å². The first kappa shape index (κ1) is 14.1. The lowest BCUT2D eigenvalue weighted by Crippen LogP contribution is -2.20. The number of rotatable bonds is 5. The number of nitrogens with zero attached hydrogens (tertiary/aromatic N) is 3. The van der Waals surface area contributed by atoms with Crippen LogP contribution in [-0.2, 0) is 0 Å². The van der Waals surface area contributed by atoms with Gasteiger partial charge in [0.15, 0.2) is 5.65 Å². The SMILES string of the molecule is CCNc1nc(NCC2CCC(C)CC2)c2cn[nH]c2n1. The summed E-state index contributed by atoms with van der Waals surface area (Å²) in [5.41, 5.74) is 0.778. The topological polar surface area (TPSA) is 78.5 Å². The van der Waals surface area contributed by atoms with Gasteiger partial charge in [-0.3, -0.25) is 5.10 Å². The van der Waals surface area contributed by atoms with Crippen molar-refractivity contribution in [2.75, 3.05) is 23.7 Å². The first-order valence-electron chi connectivity index (χ1n) is 7.95. The molecule has 3 rings (SSSR count). The highest BCUT2D eigenvalue weighted by Gasteiger charge is 2.18. The highest BCUT2D eigenvalue weighted by Crippen LogP contribution is 2.29. The molecule has 21 heavy (non-hydrogen) atoms. The number of anilines is 2. The maximum absolute atomic E-state index is 4.57. The molecule has 114 valence electrons. The molecule has 0 atom stereocenters. The van der Waals surface area contributed by atoms with Gasteiger partial charge in [-0.05, 0) is 31.6 Å². The van der Waals surface area contributed by atoms with Gasteiger partial charge in [0.2, 0.25) is 5.95 Å². The second-order valence-electron chi connectivity index (χ2n) is 6.07. The van der Waals surface area contributed by atoms with E-state index in [1.165, 1.54) is 25.7 Å². The fraction of sp³-hybridized carbons (Fsp3) is 0.667. The number of nitrogens with one attached hydrogen (secondary N) is 3.